The van der Waals surface area contributed by atoms with Crippen LogP contribution in [0.4, 0.5) is 0 Å². The highest BCUT2D eigenvalue weighted by Crippen LogP contribution is 2.12. The second kappa shape index (κ2) is 9.18. The predicted molar refractivity (Wildman–Crippen MR) is 76.2 cm³/mol. The number of ketones is 1. The van der Waals surface area contributed by atoms with E-state index in [-0.39, 0.29) is 0 Å². The molecule has 0 aromatic carbocycles. The van der Waals surface area contributed by atoms with Crippen molar-refractivity contribution in [2.75, 3.05) is 0 Å². The molecule has 0 aromatic rings. The molecule has 23 heavy (non-hydrogen) atoms. The van der Waals surface area contributed by atoms with Crippen LogP contribution in [0.3, 0.4) is 0 Å². The molecule has 0 fully saturated rings. The zero-order chi connectivity index (χ0) is 18.3. The van der Waals surface area contributed by atoms with Gasteiger partial charge in [-0.1, -0.05) is 0 Å². The molecule has 0 aliphatic rings. The lowest BCUT2D eigenvalue weighted by Crippen LogP contribution is -2.61. The maximum Gasteiger partial charge on any atom is 0.372 e. The molecular weight excluding hydrogens is 312 g/mol. The monoisotopic (exact) mass is 334 g/mol. The summed E-state index contributed by atoms with van der Waals surface area (Å²) in [4.78, 5) is 44.0. The first-order valence-electron chi connectivity index (χ1n) is 6.81. The molecule has 6 N–H and O–H groups in total. The van der Waals surface area contributed by atoms with E-state index in [9.17, 15) is 34.5 Å². The van der Waals surface area contributed by atoms with Gasteiger partial charge in [-0.25, -0.2) is 4.79 Å². The van der Waals surface area contributed by atoms with Gasteiger partial charge >= 0.3 is 5.97 Å². The fourth-order valence-electron chi connectivity index (χ4n) is 2.00. The zero-order valence-electron chi connectivity index (χ0n) is 13.0. The van der Waals surface area contributed by atoms with Crippen molar-refractivity contribution < 1.29 is 39.6 Å². The first kappa shape index (κ1) is 21.0. The minimum Gasteiger partial charge on any atom is -0.475 e. The fourth-order valence-corrected chi connectivity index (χ4v) is 2.00. The first-order chi connectivity index (χ1) is 10.5. The molecule has 0 saturated heterocycles. The molecule has 132 valence electrons. The molecule has 0 bridgehead atoms. The number of hydrogen-bond acceptors (Lipinski definition) is 7. The predicted octanol–water partition coefficient (Wildman–Crippen LogP) is -2.86. The van der Waals surface area contributed by atoms with Gasteiger partial charge in [-0.05, 0) is 6.92 Å². The van der Waals surface area contributed by atoms with Crippen molar-refractivity contribution in [3.63, 3.8) is 0 Å². The number of aliphatic hydroxyl groups excluding tert-OH is 3. The van der Waals surface area contributed by atoms with E-state index in [2.05, 4.69) is 10.6 Å². The molecule has 10 nitrogen and oxygen atoms in total. The van der Waals surface area contributed by atoms with Gasteiger partial charge in [0.15, 0.2) is 0 Å². The maximum atomic E-state index is 11.2. The number of aliphatic carboxylic acids is 1. The highest BCUT2D eigenvalue weighted by molar-refractivity contribution is 6.32. The number of hydrogen-bond donors (Lipinski definition) is 6. The highest BCUT2D eigenvalue weighted by atomic mass is 16.4. The summed E-state index contributed by atoms with van der Waals surface area (Å²) in [5, 5.41) is 42.8. The second-order valence-corrected chi connectivity index (χ2v) is 5.18. The topological polar surface area (TPSA) is 173 Å². The standard InChI is InChI=1S/C13H22N2O8/c1-5(16)10(14-6(2)17)12(21)11(15-7(3)18)8(19)4-9(20)13(22)23/h5,8,10-12,16,19,21H,4H2,1-3H3,(H,14,17)(H,15,18)(H,22,23)/t5-,8-,10-,11-,12-/m0/s1. The number of rotatable bonds is 9. The van der Waals surface area contributed by atoms with Crippen LogP contribution in [0.25, 0.3) is 0 Å². The molecule has 0 rings (SSSR count). The van der Waals surface area contributed by atoms with Crippen LogP contribution in [0.1, 0.15) is 27.2 Å². The second-order valence-electron chi connectivity index (χ2n) is 5.18. The van der Waals surface area contributed by atoms with E-state index in [1.807, 2.05) is 0 Å². The number of amides is 2. The Labute approximate surface area is 132 Å². The minimum absolute atomic E-state index is 0.576. The van der Waals surface area contributed by atoms with E-state index in [0.717, 1.165) is 13.8 Å². The van der Waals surface area contributed by atoms with Crippen molar-refractivity contribution >= 4 is 23.6 Å². The Hall–Kier alpha value is -2.04. The van der Waals surface area contributed by atoms with Crippen LogP contribution in [-0.2, 0) is 19.2 Å². The van der Waals surface area contributed by atoms with Gasteiger partial charge in [0.1, 0.15) is 0 Å². The van der Waals surface area contributed by atoms with Crippen LogP contribution in [-0.4, -0.2) is 74.4 Å². The van der Waals surface area contributed by atoms with Crippen LogP contribution >= 0.6 is 0 Å². The lowest BCUT2D eigenvalue weighted by molar-refractivity contribution is -0.150. The molecule has 5 atom stereocenters. The number of carboxylic acid groups (broad SMARTS) is 1. The lowest BCUT2D eigenvalue weighted by atomic mass is 9.92. The first-order valence-corrected chi connectivity index (χ1v) is 6.81. The third-order valence-corrected chi connectivity index (χ3v) is 3.04. The van der Waals surface area contributed by atoms with Crippen molar-refractivity contribution in [1.29, 1.82) is 0 Å². The SMILES string of the molecule is CC(=O)N[C@H]([C@H](O)[C@@H](NC(C)=O)[C@@H](O)CC(=O)C(=O)O)[C@H](C)O. The Kier molecular flexibility index (Phi) is 8.36. The van der Waals surface area contributed by atoms with Crippen LogP contribution in [0, 0.1) is 0 Å². The highest BCUT2D eigenvalue weighted by Gasteiger charge is 2.37. The molecule has 0 aliphatic heterocycles. The largest absolute Gasteiger partial charge is 0.475 e. The summed E-state index contributed by atoms with van der Waals surface area (Å²) >= 11 is 0. The third-order valence-electron chi connectivity index (χ3n) is 3.04. The normalized spacial score (nSPS) is 17.3. The summed E-state index contributed by atoms with van der Waals surface area (Å²) in [6.07, 6.45) is -5.50. The van der Waals surface area contributed by atoms with Gasteiger partial charge in [-0.15, -0.1) is 0 Å². The number of carboxylic acids is 1. The van der Waals surface area contributed by atoms with E-state index in [0.29, 0.717) is 0 Å². The van der Waals surface area contributed by atoms with Gasteiger partial charge in [0, 0.05) is 20.3 Å². The Morgan fingerprint density at radius 3 is 1.70 bits per heavy atom. The molecule has 0 saturated carbocycles. The van der Waals surface area contributed by atoms with Crippen molar-refractivity contribution in [3.8, 4) is 0 Å². The number of nitrogens with one attached hydrogen (secondary N) is 2. The number of carbonyl (C=O) groups is 4. The zero-order valence-corrected chi connectivity index (χ0v) is 13.0. The molecule has 0 spiro atoms. The van der Waals surface area contributed by atoms with Gasteiger partial charge in [0.25, 0.3) is 0 Å². The molecule has 10 heteroatoms. The molecule has 0 radical (unpaired) electrons. The van der Waals surface area contributed by atoms with Gasteiger partial charge in [-0.2, -0.15) is 0 Å². The van der Waals surface area contributed by atoms with Gasteiger partial charge < -0.3 is 31.1 Å². The minimum atomic E-state index is -1.77. The van der Waals surface area contributed by atoms with Crippen LogP contribution in [0.2, 0.25) is 0 Å². The lowest BCUT2D eigenvalue weighted by Gasteiger charge is -2.34. The van der Waals surface area contributed by atoms with E-state index in [1.54, 1.807) is 0 Å². The summed E-state index contributed by atoms with van der Waals surface area (Å²) in [6.45, 7) is 3.49. The average Bonchev–Trinajstić information content (AvgIpc) is 2.40. The molecule has 2 amide bonds. The quantitative estimate of drug-likeness (QED) is 0.244. The molecule has 0 heterocycles. The smallest absolute Gasteiger partial charge is 0.372 e. The van der Waals surface area contributed by atoms with Crippen molar-refractivity contribution in [3.05, 3.63) is 0 Å². The number of aliphatic hydroxyl groups is 3. The van der Waals surface area contributed by atoms with Gasteiger partial charge in [0.2, 0.25) is 17.6 Å². The van der Waals surface area contributed by atoms with E-state index < -0.39 is 60.4 Å². The molecule has 0 aliphatic carbocycles. The van der Waals surface area contributed by atoms with Crippen molar-refractivity contribution in [1.82, 2.24) is 10.6 Å². The third kappa shape index (κ3) is 7.17. The fraction of sp³-hybridized carbons (Fsp3) is 0.692. The summed E-state index contributed by atoms with van der Waals surface area (Å²) in [7, 11) is 0. The Bertz CT molecular complexity index is 465. The van der Waals surface area contributed by atoms with E-state index >= 15 is 0 Å². The van der Waals surface area contributed by atoms with Crippen LogP contribution in [0.15, 0.2) is 0 Å². The summed E-state index contributed by atoms with van der Waals surface area (Å²) in [5.74, 6) is -4.32. The summed E-state index contributed by atoms with van der Waals surface area (Å²) in [6, 6.07) is -2.72. The Balaban J connectivity index is 5.32. The summed E-state index contributed by atoms with van der Waals surface area (Å²) < 4.78 is 0. The van der Waals surface area contributed by atoms with Crippen molar-refractivity contribution in [2.45, 2.75) is 57.6 Å². The van der Waals surface area contributed by atoms with Crippen molar-refractivity contribution in [2.24, 2.45) is 0 Å². The van der Waals surface area contributed by atoms with Gasteiger partial charge in [0.05, 0.1) is 30.4 Å². The molecule has 0 unspecified atom stereocenters. The van der Waals surface area contributed by atoms with Gasteiger partial charge in [-0.3, -0.25) is 14.4 Å². The Morgan fingerprint density at radius 2 is 1.35 bits per heavy atom. The van der Waals surface area contributed by atoms with Crippen LogP contribution in [0.5, 0.6) is 0 Å². The molecule has 0 aromatic heterocycles. The summed E-state index contributed by atoms with van der Waals surface area (Å²) in [5.41, 5.74) is 0. The van der Waals surface area contributed by atoms with Crippen LogP contribution < -0.4 is 10.6 Å². The number of Topliss-reactive ketones (excluding diaryl/α,β-unsaturated/α-hetero) is 1. The average molecular weight is 334 g/mol. The number of carbonyl (C=O) groups excluding carboxylic acids is 3. The van der Waals surface area contributed by atoms with E-state index in [1.165, 1.54) is 6.92 Å². The maximum absolute atomic E-state index is 11.2. The van der Waals surface area contributed by atoms with E-state index in [4.69, 9.17) is 5.11 Å². The Morgan fingerprint density at radius 1 is 0.913 bits per heavy atom. The molecular formula is C13H22N2O8.